The molecular weight excluding hydrogens is 280 g/mol. The molecule has 0 unspecified atom stereocenters. The van der Waals surface area contributed by atoms with Crippen LogP contribution in [0.25, 0.3) is 0 Å². The predicted octanol–water partition coefficient (Wildman–Crippen LogP) is 3.43. The molecule has 0 saturated carbocycles. The van der Waals surface area contributed by atoms with Gasteiger partial charge < -0.3 is 4.90 Å². The Morgan fingerprint density at radius 2 is 2.16 bits per heavy atom. The second kappa shape index (κ2) is 6.30. The van der Waals surface area contributed by atoms with Crippen molar-refractivity contribution in [1.82, 2.24) is 15.0 Å². The van der Waals surface area contributed by atoms with Crippen LogP contribution in [0.3, 0.4) is 0 Å². The van der Waals surface area contributed by atoms with Crippen molar-refractivity contribution in [3.8, 4) is 0 Å². The molecular formula is C13H17ClN4S. The molecule has 19 heavy (non-hydrogen) atoms. The maximum atomic E-state index is 6.00. The van der Waals surface area contributed by atoms with Crippen molar-refractivity contribution in [2.75, 3.05) is 11.9 Å². The van der Waals surface area contributed by atoms with Crippen LogP contribution in [0.2, 0.25) is 0 Å². The molecule has 2 heterocycles. The minimum Gasteiger partial charge on any atom is -0.366 e. The lowest BCUT2D eigenvalue weighted by molar-refractivity contribution is 0.757. The summed E-state index contributed by atoms with van der Waals surface area (Å²) in [7, 11) is 2.00. The standard InChI is InChI=1S/C13H17ClN4S/c1-9(2)13-15-5-12(11(4-14)17-13)18(3)6-10-7-19-8-16-10/h5,7-9H,4,6H2,1-3H3. The van der Waals surface area contributed by atoms with Crippen LogP contribution in [0.15, 0.2) is 17.1 Å². The SMILES string of the molecule is CC(C)c1ncc(N(C)Cc2cscn2)c(CCl)n1. The molecule has 4 nitrogen and oxygen atoms in total. The fraction of sp³-hybridized carbons (Fsp3) is 0.462. The van der Waals surface area contributed by atoms with Gasteiger partial charge in [0.15, 0.2) is 0 Å². The van der Waals surface area contributed by atoms with Crippen LogP contribution in [0.4, 0.5) is 5.69 Å². The molecule has 0 saturated heterocycles. The van der Waals surface area contributed by atoms with E-state index in [1.165, 1.54) is 0 Å². The number of anilines is 1. The lowest BCUT2D eigenvalue weighted by Crippen LogP contribution is -2.19. The van der Waals surface area contributed by atoms with Gasteiger partial charge in [0.2, 0.25) is 0 Å². The molecule has 0 spiro atoms. The van der Waals surface area contributed by atoms with E-state index >= 15 is 0 Å². The summed E-state index contributed by atoms with van der Waals surface area (Å²) in [6.07, 6.45) is 1.85. The molecule has 6 heteroatoms. The molecule has 0 radical (unpaired) electrons. The highest BCUT2D eigenvalue weighted by molar-refractivity contribution is 7.07. The Balaban J connectivity index is 2.23. The Hall–Kier alpha value is -1.20. The smallest absolute Gasteiger partial charge is 0.131 e. The van der Waals surface area contributed by atoms with Crippen molar-refractivity contribution >= 4 is 28.6 Å². The highest BCUT2D eigenvalue weighted by Crippen LogP contribution is 2.22. The number of hydrogen-bond acceptors (Lipinski definition) is 5. The van der Waals surface area contributed by atoms with Crippen LogP contribution in [0, 0.1) is 0 Å². The van der Waals surface area contributed by atoms with Crippen molar-refractivity contribution in [1.29, 1.82) is 0 Å². The van der Waals surface area contributed by atoms with Crippen molar-refractivity contribution in [3.63, 3.8) is 0 Å². The summed E-state index contributed by atoms with van der Waals surface area (Å²) in [5.41, 5.74) is 4.72. The first-order valence-corrected chi connectivity index (χ1v) is 7.59. The normalized spacial score (nSPS) is 11.0. The molecule has 2 rings (SSSR count). The number of nitrogens with zero attached hydrogens (tertiary/aromatic N) is 4. The molecule has 2 aromatic heterocycles. The summed E-state index contributed by atoms with van der Waals surface area (Å²) in [6, 6.07) is 0. The van der Waals surface area contributed by atoms with E-state index in [0.29, 0.717) is 11.8 Å². The molecule has 0 aliphatic carbocycles. The summed E-state index contributed by atoms with van der Waals surface area (Å²) < 4.78 is 0. The molecule has 0 aromatic carbocycles. The highest BCUT2D eigenvalue weighted by Gasteiger charge is 2.13. The zero-order chi connectivity index (χ0) is 13.8. The predicted molar refractivity (Wildman–Crippen MR) is 79.9 cm³/mol. The first kappa shape index (κ1) is 14.2. The van der Waals surface area contributed by atoms with Gasteiger partial charge in [-0.3, -0.25) is 0 Å². The van der Waals surface area contributed by atoms with Crippen LogP contribution in [-0.2, 0) is 12.4 Å². The van der Waals surface area contributed by atoms with E-state index in [-0.39, 0.29) is 0 Å². The van der Waals surface area contributed by atoms with Crippen LogP contribution < -0.4 is 4.90 Å². The van der Waals surface area contributed by atoms with E-state index < -0.39 is 0 Å². The van der Waals surface area contributed by atoms with Gasteiger partial charge in [-0.2, -0.15) is 0 Å². The molecule has 0 N–H and O–H groups in total. The maximum absolute atomic E-state index is 6.00. The number of hydrogen-bond donors (Lipinski definition) is 0. The molecule has 102 valence electrons. The van der Waals surface area contributed by atoms with Gasteiger partial charge in [-0.25, -0.2) is 15.0 Å². The summed E-state index contributed by atoms with van der Waals surface area (Å²) in [5.74, 6) is 1.53. The number of rotatable bonds is 5. The lowest BCUT2D eigenvalue weighted by atomic mass is 10.2. The number of halogens is 1. The molecule has 0 aliphatic rings. The van der Waals surface area contributed by atoms with Gasteiger partial charge in [0.1, 0.15) is 5.82 Å². The first-order valence-electron chi connectivity index (χ1n) is 6.11. The average Bonchev–Trinajstić information content (AvgIpc) is 2.90. The second-order valence-electron chi connectivity index (χ2n) is 4.68. The third kappa shape index (κ3) is 3.42. The van der Waals surface area contributed by atoms with E-state index in [2.05, 4.69) is 33.7 Å². The van der Waals surface area contributed by atoms with Crippen LogP contribution >= 0.6 is 22.9 Å². The van der Waals surface area contributed by atoms with Crippen molar-refractivity contribution in [3.05, 3.63) is 34.3 Å². The molecule has 2 aromatic rings. The molecule has 0 amide bonds. The largest absolute Gasteiger partial charge is 0.366 e. The molecule has 0 atom stereocenters. The third-order valence-electron chi connectivity index (χ3n) is 2.80. The Bertz CT molecular complexity index is 527. The molecule has 0 bridgehead atoms. The Morgan fingerprint density at radius 3 is 2.74 bits per heavy atom. The summed E-state index contributed by atoms with van der Waals surface area (Å²) in [4.78, 5) is 15.3. The van der Waals surface area contributed by atoms with E-state index in [1.54, 1.807) is 11.3 Å². The zero-order valence-electron chi connectivity index (χ0n) is 11.3. The van der Waals surface area contributed by atoms with Gasteiger partial charge in [-0.05, 0) is 0 Å². The minimum atomic E-state index is 0.305. The van der Waals surface area contributed by atoms with E-state index in [1.807, 2.05) is 24.1 Å². The van der Waals surface area contributed by atoms with Crippen molar-refractivity contribution < 1.29 is 0 Å². The van der Waals surface area contributed by atoms with Crippen LogP contribution in [-0.4, -0.2) is 22.0 Å². The van der Waals surface area contributed by atoms with Gasteiger partial charge in [0.25, 0.3) is 0 Å². The quantitative estimate of drug-likeness (QED) is 0.793. The summed E-state index contributed by atoms with van der Waals surface area (Å²) in [6.45, 7) is 4.88. The summed E-state index contributed by atoms with van der Waals surface area (Å²) in [5, 5.41) is 2.04. The van der Waals surface area contributed by atoms with Crippen molar-refractivity contribution in [2.45, 2.75) is 32.2 Å². The van der Waals surface area contributed by atoms with Crippen molar-refractivity contribution in [2.24, 2.45) is 0 Å². The summed E-state index contributed by atoms with van der Waals surface area (Å²) >= 11 is 7.60. The Morgan fingerprint density at radius 1 is 1.37 bits per heavy atom. The Labute approximate surface area is 122 Å². The van der Waals surface area contributed by atoms with Crippen LogP contribution in [0.1, 0.15) is 37.0 Å². The molecule has 0 aliphatic heterocycles. The number of thiazole rings is 1. The number of aromatic nitrogens is 3. The van der Waals surface area contributed by atoms with Gasteiger partial charge in [0, 0.05) is 18.3 Å². The highest BCUT2D eigenvalue weighted by atomic mass is 35.5. The fourth-order valence-corrected chi connectivity index (χ4v) is 2.51. The second-order valence-corrected chi connectivity index (χ2v) is 5.67. The maximum Gasteiger partial charge on any atom is 0.131 e. The van der Waals surface area contributed by atoms with E-state index in [0.717, 1.165) is 29.4 Å². The zero-order valence-corrected chi connectivity index (χ0v) is 12.9. The van der Waals surface area contributed by atoms with Gasteiger partial charge in [-0.15, -0.1) is 22.9 Å². The van der Waals surface area contributed by atoms with Gasteiger partial charge in [0.05, 0.1) is 41.2 Å². The molecule has 0 fully saturated rings. The van der Waals surface area contributed by atoms with E-state index in [9.17, 15) is 0 Å². The minimum absolute atomic E-state index is 0.305. The lowest BCUT2D eigenvalue weighted by Gasteiger charge is -2.20. The first-order chi connectivity index (χ1) is 9.11. The fourth-order valence-electron chi connectivity index (χ4n) is 1.77. The Kier molecular flexibility index (Phi) is 4.71. The average molecular weight is 297 g/mol. The van der Waals surface area contributed by atoms with Gasteiger partial charge >= 0.3 is 0 Å². The van der Waals surface area contributed by atoms with E-state index in [4.69, 9.17) is 11.6 Å². The van der Waals surface area contributed by atoms with Gasteiger partial charge in [-0.1, -0.05) is 13.8 Å². The third-order valence-corrected chi connectivity index (χ3v) is 3.69. The topological polar surface area (TPSA) is 41.9 Å². The number of alkyl halides is 1. The monoisotopic (exact) mass is 296 g/mol. The van der Waals surface area contributed by atoms with Crippen LogP contribution in [0.5, 0.6) is 0 Å².